The Hall–Kier alpha value is -4.11. The topological polar surface area (TPSA) is 84.9 Å². The van der Waals surface area contributed by atoms with Gasteiger partial charge in [-0.15, -0.1) is 0 Å². The monoisotopic (exact) mass is 678 g/mol. The second kappa shape index (κ2) is 13.0. The number of anilines is 1. The maximum absolute atomic E-state index is 13.5. The van der Waals surface area contributed by atoms with Crippen LogP contribution in [0.4, 0.5) is 10.5 Å². The lowest BCUT2D eigenvalue weighted by Crippen LogP contribution is -2.54. The molecule has 0 unspecified atom stereocenters. The smallest absolute Gasteiger partial charge is 0.335 e. The van der Waals surface area contributed by atoms with E-state index in [1.54, 1.807) is 54.6 Å². The minimum absolute atomic E-state index is 0.195. The number of ether oxygens (including phenoxy) is 2. The summed E-state index contributed by atoms with van der Waals surface area (Å²) in [6.07, 6.45) is 1.42. The van der Waals surface area contributed by atoms with Crippen molar-refractivity contribution in [3.63, 3.8) is 0 Å². The molecular weight excluding hydrogens is 655 g/mol. The van der Waals surface area contributed by atoms with E-state index in [1.165, 1.54) is 6.08 Å². The van der Waals surface area contributed by atoms with Gasteiger partial charge >= 0.3 is 6.03 Å². The molecule has 0 atom stereocenters. The van der Waals surface area contributed by atoms with Gasteiger partial charge in [-0.25, -0.2) is 9.69 Å². The third-order valence-electron chi connectivity index (χ3n) is 6.55. The van der Waals surface area contributed by atoms with E-state index >= 15 is 0 Å². The van der Waals surface area contributed by atoms with Crippen molar-refractivity contribution in [3.05, 3.63) is 127 Å². The summed E-state index contributed by atoms with van der Waals surface area (Å²) in [7, 11) is 0. The fourth-order valence-electron chi connectivity index (χ4n) is 4.62. The molecule has 0 radical (unpaired) electrons. The molecule has 218 valence electrons. The molecule has 1 aliphatic rings. The predicted octanol–water partition coefficient (Wildman–Crippen LogP) is 8.20. The fourth-order valence-corrected chi connectivity index (χ4v) is 5.46. The van der Waals surface area contributed by atoms with E-state index in [4.69, 9.17) is 32.7 Å². The highest BCUT2D eigenvalue weighted by Crippen LogP contribution is 2.30. The molecule has 5 rings (SSSR count). The van der Waals surface area contributed by atoms with Crippen LogP contribution in [-0.4, -0.2) is 17.8 Å². The lowest BCUT2D eigenvalue weighted by Gasteiger charge is -2.26. The van der Waals surface area contributed by atoms with Crippen LogP contribution in [0, 0.1) is 13.8 Å². The summed E-state index contributed by atoms with van der Waals surface area (Å²) in [5, 5.41) is 3.26. The first kappa shape index (κ1) is 30.4. The molecule has 1 fully saturated rings. The highest BCUT2D eigenvalue weighted by atomic mass is 79.9. The van der Waals surface area contributed by atoms with Crippen molar-refractivity contribution < 1.29 is 23.9 Å². The van der Waals surface area contributed by atoms with Crippen molar-refractivity contribution in [3.8, 4) is 11.5 Å². The van der Waals surface area contributed by atoms with Crippen molar-refractivity contribution in [2.45, 2.75) is 27.1 Å². The summed E-state index contributed by atoms with van der Waals surface area (Å²) >= 11 is 15.6. The molecule has 1 N–H and O–H groups in total. The van der Waals surface area contributed by atoms with Crippen molar-refractivity contribution in [2.24, 2.45) is 0 Å². The molecular formula is C33H25BrCl2N2O5. The number of rotatable bonds is 8. The maximum Gasteiger partial charge on any atom is 0.335 e. The number of hydrogen-bond acceptors (Lipinski definition) is 5. The van der Waals surface area contributed by atoms with Gasteiger partial charge in [0.05, 0.1) is 5.69 Å². The molecule has 1 aliphatic heterocycles. The van der Waals surface area contributed by atoms with E-state index in [1.807, 2.05) is 32.0 Å². The number of carbonyl (C=O) groups excluding carboxylic acids is 3. The van der Waals surface area contributed by atoms with Crippen LogP contribution in [0.15, 0.2) is 88.9 Å². The number of barbiturate groups is 1. The SMILES string of the molecule is Cc1cc(C)cc(COc2ccc(Br)cc2/C=C2\C(=O)NC(=O)N(c3ccc(OCc4ccc(Cl)cc4Cl)cc3)C2=O)c1. The molecule has 10 heteroatoms. The molecule has 0 aromatic heterocycles. The van der Waals surface area contributed by atoms with Crippen LogP contribution in [0.25, 0.3) is 6.08 Å². The van der Waals surface area contributed by atoms with E-state index < -0.39 is 17.8 Å². The normalized spacial score (nSPS) is 14.2. The Labute approximate surface area is 267 Å². The average molecular weight is 680 g/mol. The van der Waals surface area contributed by atoms with Gasteiger partial charge in [0.25, 0.3) is 11.8 Å². The van der Waals surface area contributed by atoms with Crippen molar-refractivity contribution >= 4 is 68.7 Å². The highest BCUT2D eigenvalue weighted by Gasteiger charge is 2.37. The van der Waals surface area contributed by atoms with Crippen LogP contribution in [0.3, 0.4) is 0 Å². The van der Waals surface area contributed by atoms with Crippen molar-refractivity contribution in [1.82, 2.24) is 5.32 Å². The van der Waals surface area contributed by atoms with Gasteiger partial charge in [-0.2, -0.15) is 0 Å². The van der Waals surface area contributed by atoms with Crippen LogP contribution in [-0.2, 0) is 22.8 Å². The van der Waals surface area contributed by atoms with Crippen LogP contribution in [0.1, 0.15) is 27.8 Å². The summed E-state index contributed by atoms with van der Waals surface area (Å²) in [6, 6.07) is 22.1. The molecule has 43 heavy (non-hydrogen) atoms. The minimum Gasteiger partial charge on any atom is -0.489 e. The van der Waals surface area contributed by atoms with Gasteiger partial charge in [0.2, 0.25) is 0 Å². The number of carbonyl (C=O) groups is 3. The predicted molar refractivity (Wildman–Crippen MR) is 171 cm³/mol. The average Bonchev–Trinajstić information content (AvgIpc) is 2.94. The van der Waals surface area contributed by atoms with Crippen LogP contribution in [0.2, 0.25) is 10.0 Å². The van der Waals surface area contributed by atoms with Crippen LogP contribution >= 0.6 is 39.1 Å². The largest absolute Gasteiger partial charge is 0.489 e. The Morgan fingerprint density at radius 1 is 0.837 bits per heavy atom. The molecule has 0 spiro atoms. The van der Waals surface area contributed by atoms with Gasteiger partial charge in [-0.05, 0) is 80.1 Å². The first-order valence-corrected chi connectivity index (χ1v) is 14.7. The minimum atomic E-state index is -0.853. The molecule has 4 amide bonds. The summed E-state index contributed by atoms with van der Waals surface area (Å²) in [5.74, 6) is -0.603. The summed E-state index contributed by atoms with van der Waals surface area (Å²) in [6.45, 7) is 4.53. The molecule has 0 bridgehead atoms. The van der Waals surface area contributed by atoms with Gasteiger partial charge in [0, 0.05) is 25.6 Å². The zero-order chi connectivity index (χ0) is 30.7. The zero-order valence-electron chi connectivity index (χ0n) is 23.1. The quantitative estimate of drug-likeness (QED) is 0.150. The molecule has 0 saturated carbocycles. The van der Waals surface area contributed by atoms with Gasteiger partial charge in [-0.1, -0.05) is 74.5 Å². The number of amides is 4. The van der Waals surface area contributed by atoms with E-state index in [2.05, 4.69) is 27.3 Å². The lowest BCUT2D eigenvalue weighted by molar-refractivity contribution is -0.122. The van der Waals surface area contributed by atoms with E-state index in [-0.39, 0.29) is 17.9 Å². The molecule has 1 saturated heterocycles. The molecule has 0 aliphatic carbocycles. The molecule has 1 heterocycles. The number of nitrogens with one attached hydrogen (secondary N) is 1. The van der Waals surface area contributed by atoms with Crippen molar-refractivity contribution in [1.29, 1.82) is 0 Å². The second-order valence-corrected chi connectivity index (χ2v) is 11.7. The van der Waals surface area contributed by atoms with Gasteiger partial charge in [0.1, 0.15) is 30.3 Å². The number of hydrogen-bond donors (Lipinski definition) is 1. The second-order valence-electron chi connectivity index (χ2n) is 9.94. The molecule has 7 nitrogen and oxygen atoms in total. The number of benzene rings is 4. The summed E-state index contributed by atoms with van der Waals surface area (Å²) in [5.41, 5.74) is 4.53. The standard InChI is InChI=1S/C33H25BrCl2N2O5/c1-19-11-20(2)13-21(12-19)17-43-30-10-4-24(34)14-23(30)15-28-31(39)37-33(41)38(32(28)40)26-6-8-27(9-7-26)42-18-22-3-5-25(35)16-29(22)36/h3-16H,17-18H2,1-2H3,(H,37,39,41)/b28-15+. The number of imide groups is 2. The molecule has 4 aromatic carbocycles. The third-order valence-corrected chi connectivity index (χ3v) is 7.63. The van der Waals surface area contributed by atoms with Crippen LogP contribution in [0.5, 0.6) is 11.5 Å². The Bertz CT molecular complexity index is 1750. The van der Waals surface area contributed by atoms with Gasteiger partial charge in [0.15, 0.2) is 0 Å². The first-order chi connectivity index (χ1) is 20.6. The Balaban J connectivity index is 1.36. The first-order valence-electron chi connectivity index (χ1n) is 13.1. The fraction of sp³-hybridized carbons (Fsp3) is 0.121. The van der Waals surface area contributed by atoms with E-state index in [0.29, 0.717) is 33.7 Å². The highest BCUT2D eigenvalue weighted by molar-refractivity contribution is 9.10. The van der Waals surface area contributed by atoms with E-state index in [0.717, 1.165) is 31.6 Å². The number of nitrogens with zero attached hydrogens (tertiary/aromatic N) is 1. The summed E-state index contributed by atoms with van der Waals surface area (Å²) < 4.78 is 12.6. The number of halogens is 3. The number of urea groups is 1. The van der Waals surface area contributed by atoms with Crippen molar-refractivity contribution in [2.75, 3.05) is 4.90 Å². The maximum atomic E-state index is 13.5. The van der Waals surface area contributed by atoms with Gasteiger partial charge < -0.3 is 9.47 Å². The third kappa shape index (κ3) is 7.28. The zero-order valence-corrected chi connectivity index (χ0v) is 26.2. The Morgan fingerprint density at radius 2 is 1.56 bits per heavy atom. The van der Waals surface area contributed by atoms with Gasteiger partial charge in [-0.3, -0.25) is 14.9 Å². The lowest BCUT2D eigenvalue weighted by atomic mass is 10.1. The Morgan fingerprint density at radius 3 is 2.26 bits per heavy atom. The summed E-state index contributed by atoms with van der Waals surface area (Å²) in [4.78, 5) is 40.0. The molecule has 4 aromatic rings. The van der Waals surface area contributed by atoms with Crippen LogP contribution < -0.4 is 19.7 Å². The Kier molecular flexibility index (Phi) is 9.20. The number of aryl methyl sites for hydroxylation is 2. The van der Waals surface area contributed by atoms with E-state index in [9.17, 15) is 14.4 Å².